The average Bonchev–Trinajstić information content (AvgIpc) is 2.90. The molecular formula is C14H15FN4. The molecule has 0 aliphatic rings. The van der Waals surface area contributed by atoms with Gasteiger partial charge < -0.3 is 5.32 Å². The number of hydrogen-bond acceptors (Lipinski definition) is 3. The molecule has 4 nitrogen and oxygen atoms in total. The highest BCUT2D eigenvalue weighted by molar-refractivity contribution is 5.32. The first kappa shape index (κ1) is 13.2. The van der Waals surface area contributed by atoms with Crippen LogP contribution in [0.5, 0.6) is 0 Å². The van der Waals surface area contributed by atoms with E-state index in [0.29, 0.717) is 17.7 Å². The predicted molar refractivity (Wildman–Crippen MR) is 69.6 cm³/mol. The van der Waals surface area contributed by atoms with Crippen molar-refractivity contribution in [2.45, 2.75) is 26.1 Å². The summed E-state index contributed by atoms with van der Waals surface area (Å²) < 4.78 is 15.5. The summed E-state index contributed by atoms with van der Waals surface area (Å²) >= 11 is 0. The normalized spacial score (nSPS) is 12.1. The molecule has 19 heavy (non-hydrogen) atoms. The van der Waals surface area contributed by atoms with Gasteiger partial charge in [0.1, 0.15) is 5.82 Å². The zero-order valence-corrected chi connectivity index (χ0v) is 10.7. The molecule has 0 amide bonds. The summed E-state index contributed by atoms with van der Waals surface area (Å²) in [4.78, 5) is 0. The maximum atomic E-state index is 13.7. The molecule has 1 aromatic heterocycles. The van der Waals surface area contributed by atoms with Crippen LogP contribution >= 0.6 is 0 Å². The van der Waals surface area contributed by atoms with Gasteiger partial charge in [-0.05, 0) is 25.1 Å². The van der Waals surface area contributed by atoms with Gasteiger partial charge in [0.2, 0.25) is 0 Å². The molecule has 1 aromatic carbocycles. The lowest BCUT2D eigenvalue weighted by molar-refractivity contribution is 0.445. The van der Waals surface area contributed by atoms with Gasteiger partial charge in [0.25, 0.3) is 0 Å². The van der Waals surface area contributed by atoms with Crippen LogP contribution in [0.2, 0.25) is 0 Å². The third-order valence-electron chi connectivity index (χ3n) is 2.84. The maximum Gasteiger partial charge on any atom is 0.129 e. The van der Waals surface area contributed by atoms with Crippen molar-refractivity contribution in [3.05, 3.63) is 53.6 Å². The van der Waals surface area contributed by atoms with E-state index in [1.165, 1.54) is 6.07 Å². The lowest BCUT2D eigenvalue weighted by atomic mass is 10.1. The van der Waals surface area contributed by atoms with Gasteiger partial charge in [0.15, 0.2) is 0 Å². The number of aromatic nitrogens is 2. The molecule has 0 aliphatic carbocycles. The third-order valence-corrected chi connectivity index (χ3v) is 2.84. The Hall–Kier alpha value is -2.19. The van der Waals surface area contributed by atoms with Crippen LogP contribution in [0.15, 0.2) is 36.7 Å². The minimum Gasteiger partial charge on any atom is -0.308 e. The molecule has 5 heteroatoms. The summed E-state index contributed by atoms with van der Waals surface area (Å²) in [5.74, 6) is -0.349. The van der Waals surface area contributed by atoms with Gasteiger partial charge in [-0.2, -0.15) is 10.4 Å². The molecular weight excluding hydrogens is 243 g/mol. The first-order valence-electron chi connectivity index (χ1n) is 6.08. The second-order valence-electron chi connectivity index (χ2n) is 4.43. The minimum atomic E-state index is -0.349. The molecule has 0 aliphatic heterocycles. The Kier molecular flexibility index (Phi) is 4.26. The second-order valence-corrected chi connectivity index (χ2v) is 4.43. The fraction of sp³-hybridized carbons (Fsp3) is 0.286. The largest absolute Gasteiger partial charge is 0.308 e. The highest BCUT2D eigenvalue weighted by atomic mass is 19.1. The van der Waals surface area contributed by atoms with Gasteiger partial charge in [0, 0.05) is 30.5 Å². The van der Waals surface area contributed by atoms with Crippen molar-refractivity contribution in [2.75, 3.05) is 0 Å². The van der Waals surface area contributed by atoms with Crippen molar-refractivity contribution in [3.8, 4) is 6.07 Å². The van der Waals surface area contributed by atoms with Gasteiger partial charge >= 0.3 is 0 Å². The van der Waals surface area contributed by atoms with Gasteiger partial charge in [0.05, 0.1) is 18.2 Å². The summed E-state index contributed by atoms with van der Waals surface area (Å²) in [7, 11) is 0. The van der Waals surface area contributed by atoms with Crippen LogP contribution in [0.25, 0.3) is 0 Å². The zero-order valence-electron chi connectivity index (χ0n) is 10.7. The van der Waals surface area contributed by atoms with Crippen LogP contribution in [0, 0.1) is 17.1 Å². The summed E-state index contributed by atoms with van der Waals surface area (Å²) in [6.07, 6.45) is 3.62. The topological polar surface area (TPSA) is 53.6 Å². The van der Waals surface area contributed by atoms with Crippen molar-refractivity contribution in [1.29, 1.82) is 5.26 Å². The van der Waals surface area contributed by atoms with E-state index < -0.39 is 0 Å². The van der Waals surface area contributed by atoms with Gasteiger partial charge in [-0.3, -0.25) is 4.68 Å². The Bertz CT molecular complexity index is 572. The summed E-state index contributed by atoms with van der Waals surface area (Å²) in [5, 5.41) is 16.0. The van der Waals surface area contributed by atoms with E-state index in [-0.39, 0.29) is 11.9 Å². The van der Waals surface area contributed by atoms with E-state index in [1.54, 1.807) is 18.3 Å². The quantitative estimate of drug-likeness (QED) is 0.893. The van der Waals surface area contributed by atoms with Crippen LogP contribution in [-0.2, 0) is 13.1 Å². The lowest BCUT2D eigenvalue weighted by Crippen LogP contribution is -2.30. The molecule has 0 radical (unpaired) electrons. The average molecular weight is 258 g/mol. The number of halogens is 1. The highest BCUT2D eigenvalue weighted by Gasteiger charge is 2.06. The van der Waals surface area contributed by atoms with E-state index in [4.69, 9.17) is 5.26 Å². The standard InChI is InChI=1S/C14H15FN4/c1-11(10-19-6-2-5-18-19)17-9-13-4-3-12(8-16)7-14(13)15/h2-7,11,17H,9-10H2,1H3/t11-/m0/s1. The van der Waals surface area contributed by atoms with Crippen LogP contribution in [-0.4, -0.2) is 15.8 Å². The van der Waals surface area contributed by atoms with Crippen LogP contribution in [0.3, 0.4) is 0 Å². The summed E-state index contributed by atoms with van der Waals surface area (Å²) in [6.45, 7) is 3.17. The monoisotopic (exact) mass is 258 g/mol. The fourth-order valence-corrected chi connectivity index (χ4v) is 1.80. The van der Waals surface area contributed by atoms with Crippen LogP contribution < -0.4 is 5.32 Å². The van der Waals surface area contributed by atoms with Gasteiger partial charge in [-0.25, -0.2) is 4.39 Å². The number of nitrogens with one attached hydrogen (secondary N) is 1. The molecule has 0 saturated carbocycles. The number of hydrogen-bond donors (Lipinski definition) is 1. The molecule has 0 spiro atoms. The second kappa shape index (κ2) is 6.12. The zero-order chi connectivity index (χ0) is 13.7. The molecule has 0 unspecified atom stereocenters. The van der Waals surface area contributed by atoms with E-state index in [2.05, 4.69) is 10.4 Å². The molecule has 1 heterocycles. The van der Waals surface area contributed by atoms with Crippen molar-refractivity contribution >= 4 is 0 Å². The number of benzene rings is 1. The Labute approximate surface area is 111 Å². The van der Waals surface area contributed by atoms with Crippen molar-refractivity contribution < 1.29 is 4.39 Å². The van der Waals surface area contributed by atoms with Crippen molar-refractivity contribution in [2.24, 2.45) is 0 Å². The van der Waals surface area contributed by atoms with E-state index in [1.807, 2.05) is 29.9 Å². The SMILES string of the molecule is C[C@@H](Cn1cccn1)NCc1ccc(C#N)cc1F. The maximum absolute atomic E-state index is 13.7. The Morgan fingerprint density at radius 3 is 3.00 bits per heavy atom. The minimum absolute atomic E-state index is 0.176. The summed E-state index contributed by atoms with van der Waals surface area (Å²) in [5.41, 5.74) is 0.900. The molecule has 0 fully saturated rings. The number of nitrogens with zero attached hydrogens (tertiary/aromatic N) is 3. The van der Waals surface area contributed by atoms with Crippen LogP contribution in [0.4, 0.5) is 4.39 Å². The fourth-order valence-electron chi connectivity index (χ4n) is 1.80. The lowest BCUT2D eigenvalue weighted by Gasteiger charge is -2.14. The molecule has 2 rings (SSSR count). The molecule has 98 valence electrons. The Morgan fingerprint density at radius 2 is 2.37 bits per heavy atom. The Morgan fingerprint density at radius 1 is 1.53 bits per heavy atom. The molecule has 0 bridgehead atoms. The molecule has 1 N–H and O–H groups in total. The van der Waals surface area contributed by atoms with Crippen molar-refractivity contribution in [3.63, 3.8) is 0 Å². The first-order valence-corrected chi connectivity index (χ1v) is 6.08. The number of rotatable bonds is 5. The van der Waals surface area contributed by atoms with E-state index >= 15 is 0 Å². The molecule has 0 saturated heterocycles. The van der Waals surface area contributed by atoms with Crippen LogP contribution in [0.1, 0.15) is 18.1 Å². The number of nitriles is 1. The Balaban J connectivity index is 1.90. The summed E-state index contributed by atoms with van der Waals surface area (Å²) in [6, 6.07) is 8.48. The third kappa shape index (κ3) is 3.63. The predicted octanol–water partition coefficient (Wildman–Crippen LogP) is 2.07. The smallest absolute Gasteiger partial charge is 0.129 e. The van der Waals surface area contributed by atoms with E-state index in [0.717, 1.165) is 6.54 Å². The van der Waals surface area contributed by atoms with Crippen molar-refractivity contribution in [1.82, 2.24) is 15.1 Å². The van der Waals surface area contributed by atoms with Gasteiger partial charge in [-0.1, -0.05) is 6.07 Å². The highest BCUT2D eigenvalue weighted by Crippen LogP contribution is 2.10. The molecule has 2 aromatic rings. The molecule has 1 atom stereocenters. The first-order chi connectivity index (χ1) is 9.19. The van der Waals surface area contributed by atoms with E-state index in [9.17, 15) is 4.39 Å². The van der Waals surface area contributed by atoms with Gasteiger partial charge in [-0.15, -0.1) is 0 Å².